The van der Waals surface area contributed by atoms with Gasteiger partial charge in [0.15, 0.2) is 0 Å². The van der Waals surface area contributed by atoms with Gasteiger partial charge >= 0.3 is 0 Å². The fraction of sp³-hybridized carbons (Fsp3) is 0.471. The van der Waals surface area contributed by atoms with Crippen molar-refractivity contribution in [1.29, 1.82) is 0 Å². The number of benzene rings is 1. The molecule has 1 N–H and O–H groups in total. The summed E-state index contributed by atoms with van der Waals surface area (Å²) < 4.78 is 5.38. The molecule has 1 aromatic rings. The molecule has 1 aromatic carbocycles. The van der Waals surface area contributed by atoms with E-state index in [1.54, 1.807) is 4.90 Å². The second-order valence-corrected chi connectivity index (χ2v) is 5.23. The molecule has 0 bridgehead atoms. The van der Waals surface area contributed by atoms with Crippen LogP contribution in [-0.2, 0) is 16.1 Å². The van der Waals surface area contributed by atoms with Gasteiger partial charge in [0.05, 0.1) is 12.5 Å². The van der Waals surface area contributed by atoms with Gasteiger partial charge in [-0.15, -0.1) is 0 Å². The Labute approximate surface area is 125 Å². The monoisotopic (exact) mass is 287 g/mol. The minimum Gasteiger partial charge on any atom is -0.384 e. The summed E-state index contributed by atoms with van der Waals surface area (Å²) in [6.07, 6.45) is 1.85. The summed E-state index contributed by atoms with van der Waals surface area (Å²) >= 11 is 0. The van der Waals surface area contributed by atoms with E-state index in [1.165, 1.54) is 0 Å². The van der Waals surface area contributed by atoms with E-state index in [0.717, 1.165) is 30.6 Å². The molecule has 0 saturated carbocycles. The van der Waals surface area contributed by atoms with Gasteiger partial charge in [-0.2, -0.15) is 0 Å². The van der Waals surface area contributed by atoms with Crippen LogP contribution in [0.25, 0.3) is 0 Å². The maximum absolute atomic E-state index is 12.4. The SMILES string of the molecule is CN(Cc1ccccc1C#CCO)C(=O)C1CCCOC1. The van der Waals surface area contributed by atoms with Crippen LogP contribution < -0.4 is 0 Å². The molecule has 1 saturated heterocycles. The van der Waals surface area contributed by atoms with E-state index in [2.05, 4.69) is 11.8 Å². The van der Waals surface area contributed by atoms with Crippen LogP contribution in [0.2, 0.25) is 0 Å². The lowest BCUT2D eigenvalue weighted by atomic mass is 10.00. The molecule has 1 atom stereocenters. The maximum atomic E-state index is 12.4. The number of carbonyl (C=O) groups excluding carboxylic acids is 1. The molecule has 1 fully saturated rings. The third kappa shape index (κ3) is 4.32. The largest absolute Gasteiger partial charge is 0.384 e. The number of amides is 1. The minimum absolute atomic E-state index is 0.0283. The number of rotatable bonds is 3. The Morgan fingerprint density at radius 1 is 1.48 bits per heavy atom. The van der Waals surface area contributed by atoms with E-state index in [0.29, 0.717) is 13.2 Å². The molecule has 0 aliphatic carbocycles. The summed E-state index contributed by atoms with van der Waals surface area (Å²) in [6, 6.07) is 7.70. The molecule has 4 heteroatoms. The Hall–Kier alpha value is -1.83. The first-order valence-corrected chi connectivity index (χ1v) is 7.22. The summed E-state index contributed by atoms with van der Waals surface area (Å²) in [6.45, 7) is 1.64. The molecule has 1 unspecified atom stereocenters. The van der Waals surface area contributed by atoms with Crippen molar-refractivity contribution in [2.24, 2.45) is 5.92 Å². The van der Waals surface area contributed by atoms with Gasteiger partial charge in [0.1, 0.15) is 6.61 Å². The zero-order valence-electron chi connectivity index (χ0n) is 12.3. The lowest BCUT2D eigenvalue weighted by molar-refractivity contribution is -0.138. The highest BCUT2D eigenvalue weighted by atomic mass is 16.5. The Kier molecular flexibility index (Phi) is 5.79. The van der Waals surface area contributed by atoms with E-state index >= 15 is 0 Å². The molecule has 0 spiro atoms. The van der Waals surface area contributed by atoms with E-state index < -0.39 is 0 Å². The van der Waals surface area contributed by atoms with Crippen LogP contribution >= 0.6 is 0 Å². The highest BCUT2D eigenvalue weighted by Gasteiger charge is 2.24. The zero-order valence-corrected chi connectivity index (χ0v) is 12.3. The van der Waals surface area contributed by atoms with Crippen LogP contribution in [0.5, 0.6) is 0 Å². The molecule has 4 nitrogen and oxygen atoms in total. The zero-order chi connectivity index (χ0) is 15.1. The van der Waals surface area contributed by atoms with E-state index in [1.807, 2.05) is 31.3 Å². The van der Waals surface area contributed by atoms with Gasteiger partial charge in [0.2, 0.25) is 5.91 Å². The molecule has 112 valence electrons. The Bertz CT molecular complexity index is 538. The number of hydrogen-bond donors (Lipinski definition) is 1. The highest BCUT2D eigenvalue weighted by Crippen LogP contribution is 2.18. The van der Waals surface area contributed by atoms with Gasteiger partial charge in [-0.1, -0.05) is 30.0 Å². The molecule has 1 aliphatic heterocycles. The summed E-state index contributed by atoms with van der Waals surface area (Å²) in [7, 11) is 1.81. The molecule has 0 aromatic heterocycles. The summed E-state index contributed by atoms with van der Waals surface area (Å²) in [5.41, 5.74) is 1.84. The first kappa shape index (κ1) is 15.6. The van der Waals surface area contributed by atoms with E-state index in [4.69, 9.17) is 9.84 Å². The van der Waals surface area contributed by atoms with Crippen LogP contribution in [0, 0.1) is 17.8 Å². The Morgan fingerprint density at radius 2 is 2.29 bits per heavy atom. The van der Waals surface area contributed by atoms with Crippen LogP contribution in [0.4, 0.5) is 0 Å². The Balaban J connectivity index is 2.05. The smallest absolute Gasteiger partial charge is 0.228 e. The van der Waals surface area contributed by atoms with Crippen LogP contribution in [-0.4, -0.2) is 42.8 Å². The van der Waals surface area contributed by atoms with Crippen molar-refractivity contribution in [3.05, 3.63) is 35.4 Å². The number of hydrogen-bond acceptors (Lipinski definition) is 3. The predicted octanol–water partition coefficient (Wildman–Crippen LogP) is 1.42. The topological polar surface area (TPSA) is 49.8 Å². The van der Waals surface area contributed by atoms with Crippen LogP contribution in [0.1, 0.15) is 24.0 Å². The van der Waals surface area contributed by atoms with Gasteiger partial charge in [-0.05, 0) is 24.5 Å². The lowest BCUT2D eigenvalue weighted by Gasteiger charge is -2.26. The van der Waals surface area contributed by atoms with Crippen molar-refractivity contribution >= 4 is 5.91 Å². The Morgan fingerprint density at radius 3 is 3.00 bits per heavy atom. The number of carbonyl (C=O) groups is 1. The average Bonchev–Trinajstić information content (AvgIpc) is 2.54. The highest BCUT2D eigenvalue weighted by molar-refractivity contribution is 5.78. The molecule has 1 amide bonds. The summed E-state index contributed by atoms with van der Waals surface area (Å²) in [5, 5.41) is 8.81. The predicted molar refractivity (Wildman–Crippen MR) is 80.4 cm³/mol. The van der Waals surface area contributed by atoms with Gasteiger partial charge in [0, 0.05) is 25.8 Å². The minimum atomic E-state index is -0.164. The maximum Gasteiger partial charge on any atom is 0.228 e. The molecular weight excluding hydrogens is 266 g/mol. The molecule has 21 heavy (non-hydrogen) atoms. The summed E-state index contributed by atoms with van der Waals surface area (Å²) in [4.78, 5) is 14.1. The third-order valence-corrected chi connectivity index (χ3v) is 3.61. The average molecular weight is 287 g/mol. The van der Waals surface area contributed by atoms with E-state index in [9.17, 15) is 4.79 Å². The summed E-state index contributed by atoms with van der Waals surface area (Å²) in [5.74, 6) is 5.67. The normalized spacial score (nSPS) is 17.7. The van der Waals surface area contributed by atoms with Crippen molar-refractivity contribution in [2.75, 3.05) is 26.9 Å². The fourth-order valence-electron chi connectivity index (χ4n) is 2.50. The lowest BCUT2D eigenvalue weighted by Crippen LogP contribution is -2.36. The van der Waals surface area contributed by atoms with Crippen LogP contribution in [0.3, 0.4) is 0 Å². The van der Waals surface area contributed by atoms with Crippen molar-refractivity contribution in [1.82, 2.24) is 4.90 Å². The number of aliphatic hydroxyl groups excluding tert-OH is 1. The quantitative estimate of drug-likeness (QED) is 0.855. The molecule has 0 radical (unpaired) electrons. The molecule has 1 aliphatic rings. The number of aliphatic hydroxyl groups is 1. The van der Waals surface area contributed by atoms with Crippen molar-refractivity contribution in [3.8, 4) is 11.8 Å². The second kappa shape index (κ2) is 7.82. The number of nitrogens with zero attached hydrogens (tertiary/aromatic N) is 1. The van der Waals surface area contributed by atoms with Gasteiger partial charge in [-0.25, -0.2) is 0 Å². The van der Waals surface area contributed by atoms with Crippen molar-refractivity contribution in [2.45, 2.75) is 19.4 Å². The van der Waals surface area contributed by atoms with Gasteiger partial charge in [0.25, 0.3) is 0 Å². The van der Waals surface area contributed by atoms with E-state index in [-0.39, 0.29) is 18.4 Å². The van der Waals surface area contributed by atoms with Gasteiger partial charge < -0.3 is 14.7 Å². The molecule has 2 rings (SSSR count). The number of ether oxygens (including phenoxy) is 1. The van der Waals surface area contributed by atoms with Crippen molar-refractivity contribution < 1.29 is 14.6 Å². The fourth-order valence-corrected chi connectivity index (χ4v) is 2.50. The first-order chi connectivity index (χ1) is 10.2. The second-order valence-electron chi connectivity index (χ2n) is 5.23. The molecule has 1 heterocycles. The molecular formula is C17H21NO3. The first-order valence-electron chi connectivity index (χ1n) is 7.22. The third-order valence-electron chi connectivity index (χ3n) is 3.61. The standard InChI is InChI=1S/C17H21NO3/c1-18(17(20)16-9-5-11-21-13-16)12-15-7-3-2-6-14(15)8-4-10-19/h2-3,6-7,16,19H,5,9-13H2,1H3. The van der Waals surface area contributed by atoms with Gasteiger partial charge in [-0.3, -0.25) is 4.79 Å². The van der Waals surface area contributed by atoms with Crippen molar-refractivity contribution in [3.63, 3.8) is 0 Å². The van der Waals surface area contributed by atoms with Crippen LogP contribution in [0.15, 0.2) is 24.3 Å².